The molecule has 0 bridgehead atoms. The zero-order valence-electron chi connectivity index (χ0n) is 5.60. The molecule has 0 aromatic rings. The van der Waals surface area contributed by atoms with E-state index in [4.69, 9.17) is 4.74 Å². The van der Waals surface area contributed by atoms with Gasteiger partial charge in [0.15, 0.2) is 0 Å². The lowest BCUT2D eigenvalue weighted by Gasteiger charge is -2.20. The highest BCUT2D eigenvalue weighted by atomic mass is 16.5. The molecule has 0 spiro atoms. The maximum absolute atomic E-state index is 5.49. The number of ether oxygens (including phenoxy) is 1. The molecule has 1 nitrogen and oxygen atoms in total. The topological polar surface area (TPSA) is 9.23 Å². The maximum atomic E-state index is 5.49. The Hall–Kier alpha value is -0.0400. The van der Waals surface area contributed by atoms with E-state index >= 15 is 0 Å². The van der Waals surface area contributed by atoms with Crippen molar-refractivity contribution in [1.82, 2.24) is 0 Å². The van der Waals surface area contributed by atoms with Crippen molar-refractivity contribution >= 4 is 0 Å². The van der Waals surface area contributed by atoms with Gasteiger partial charge in [0, 0.05) is 13.0 Å². The summed E-state index contributed by atoms with van der Waals surface area (Å²) in [6.45, 7) is 0.966. The van der Waals surface area contributed by atoms with Crippen molar-refractivity contribution < 1.29 is 4.74 Å². The first-order chi connectivity index (χ1) is 4.47. The molecule has 2 fully saturated rings. The molecule has 9 heavy (non-hydrogen) atoms. The van der Waals surface area contributed by atoms with E-state index in [1.165, 1.54) is 19.3 Å². The van der Waals surface area contributed by atoms with E-state index in [9.17, 15) is 0 Å². The average molecular weight is 124 g/mol. The molecule has 2 rings (SSSR count). The Kier molecular flexibility index (Phi) is 1.46. The Bertz CT molecular complexity index is 90.7. The molecular formula is C8H12O. The third-order valence-electron chi connectivity index (χ3n) is 2.01. The van der Waals surface area contributed by atoms with Gasteiger partial charge in [-0.3, -0.25) is 0 Å². The highest BCUT2D eigenvalue weighted by Gasteiger charge is 2.33. The second kappa shape index (κ2) is 2.30. The third kappa shape index (κ3) is 1.26. The summed E-state index contributed by atoms with van der Waals surface area (Å²) in [6.07, 6.45) is 8.86. The summed E-state index contributed by atoms with van der Waals surface area (Å²) in [5.74, 6) is 0.852. The molecule has 1 aliphatic heterocycles. The first-order valence-electron chi connectivity index (χ1n) is 3.82. The second-order valence-corrected chi connectivity index (χ2v) is 2.94. The lowest BCUT2D eigenvalue weighted by Crippen LogP contribution is -2.21. The summed E-state index contributed by atoms with van der Waals surface area (Å²) in [6, 6.07) is 0. The maximum Gasteiger partial charge on any atom is 0.0672 e. The van der Waals surface area contributed by atoms with Gasteiger partial charge in [-0.25, -0.2) is 0 Å². The smallest absolute Gasteiger partial charge is 0.0672 e. The van der Waals surface area contributed by atoms with Crippen molar-refractivity contribution in [2.24, 2.45) is 5.92 Å². The Morgan fingerprint density at radius 3 is 2.78 bits per heavy atom. The molecule has 1 atom stereocenters. The van der Waals surface area contributed by atoms with Crippen LogP contribution >= 0.6 is 0 Å². The zero-order chi connectivity index (χ0) is 6.10. The van der Waals surface area contributed by atoms with Crippen LogP contribution in [0.15, 0.2) is 0 Å². The molecule has 1 heterocycles. The minimum atomic E-state index is 0.416. The molecule has 0 aromatic carbocycles. The molecule has 0 amide bonds. The monoisotopic (exact) mass is 124 g/mol. The summed E-state index contributed by atoms with van der Waals surface area (Å²) in [4.78, 5) is 0. The standard InChI is InChI=1S/C8H12O/c1-2-6-9-8(3-1)7-4-5-7/h7-8H,1-2,4-6H2. The molecule has 1 heteroatoms. The summed E-state index contributed by atoms with van der Waals surface area (Å²) in [7, 11) is 0. The Labute approximate surface area is 56.4 Å². The Morgan fingerprint density at radius 1 is 1.33 bits per heavy atom. The van der Waals surface area contributed by atoms with Crippen LogP contribution in [0.2, 0.25) is 0 Å². The van der Waals surface area contributed by atoms with Crippen molar-refractivity contribution in [3.63, 3.8) is 0 Å². The fourth-order valence-corrected chi connectivity index (χ4v) is 1.29. The summed E-state index contributed by atoms with van der Waals surface area (Å²) < 4.78 is 5.49. The van der Waals surface area contributed by atoms with E-state index in [-0.39, 0.29) is 0 Å². The van der Waals surface area contributed by atoms with Crippen LogP contribution in [0.3, 0.4) is 0 Å². The van der Waals surface area contributed by atoms with Crippen LogP contribution in [-0.2, 0) is 4.74 Å². The van der Waals surface area contributed by atoms with Crippen molar-refractivity contribution in [2.75, 3.05) is 6.61 Å². The van der Waals surface area contributed by atoms with Gasteiger partial charge in [-0.15, -0.1) is 0 Å². The first kappa shape index (κ1) is 5.72. The van der Waals surface area contributed by atoms with Gasteiger partial charge in [0.25, 0.3) is 0 Å². The van der Waals surface area contributed by atoms with E-state index in [1.807, 2.05) is 0 Å². The molecular weight excluding hydrogens is 112 g/mol. The van der Waals surface area contributed by atoms with Gasteiger partial charge in [-0.2, -0.15) is 0 Å². The van der Waals surface area contributed by atoms with Gasteiger partial charge in [0.1, 0.15) is 0 Å². The van der Waals surface area contributed by atoms with Gasteiger partial charge < -0.3 is 4.74 Å². The van der Waals surface area contributed by atoms with Crippen molar-refractivity contribution in [3.05, 3.63) is 6.42 Å². The predicted octanol–water partition coefficient (Wildman–Crippen LogP) is 1.66. The molecule has 0 aromatic heterocycles. The summed E-state index contributed by atoms with van der Waals surface area (Å²) in [5, 5.41) is 0. The molecule has 50 valence electrons. The Balaban J connectivity index is 1.80. The molecule has 1 saturated heterocycles. The second-order valence-electron chi connectivity index (χ2n) is 2.94. The average Bonchev–Trinajstić information content (AvgIpc) is 2.71. The van der Waals surface area contributed by atoms with Crippen LogP contribution in [0.5, 0.6) is 0 Å². The van der Waals surface area contributed by atoms with Gasteiger partial charge in [0.05, 0.1) is 6.10 Å². The molecule has 2 aliphatic rings. The van der Waals surface area contributed by atoms with Gasteiger partial charge in [-0.1, -0.05) is 0 Å². The zero-order valence-corrected chi connectivity index (χ0v) is 5.60. The normalized spacial score (nSPS) is 36.7. The largest absolute Gasteiger partial charge is 0.377 e. The number of hydrogen-bond donors (Lipinski definition) is 0. The van der Waals surface area contributed by atoms with E-state index in [2.05, 4.69) is 6.42 Å². The van der Waals surface area contributed by atoms with E-state index in [0.29, 0.717) is 6.10 Å². The summed E-state index contributed by atoms with van der Waals surface area (Å²) in [5.41, 5.74) is 0. The fraction of sp³-hybridized carbons (Fsp3) is 0.875. The van der Waals surface area contributed by atoms with Crippen molar-refractivity contribution in [3.8, 4) is 0 Å². The van der Waals surface area contributed by atoms with Crippen LogP contribution < -0.4 is 0 Å². The molecule has 1 unspecified atom stereocenters. The first-order valence-corrected chi connectivity index (χ1v) is 3.82. The quantitative estimate of drug-likeness (QED) is 0.516. The number of hydrogen-bond acceptors (Lipinski definition) is 1. The lowest BCUT2D eigenvalue weighted by molar-refractivity contribution is 0.0356. The van der Waals surface area contributed by atoms with Gasteiger partial charge in [0.2, 0.25) is 0 Å². The van der Waals surface area contributed by atoms with Gasteiger partial charge in [-0.05, 0) is 31.6 Å². The summed E-state index contributed by atoms with van der Waals surface area (Å²) >= 11 is 0. The van der Waals surface area contributed by atoms with E-state index in [1.54, 1.807) is 0 Å². The fourth-order valence-electron chi connectivity index (χ4n) is 1.29. The highest BCUT2D eigenvalue weighted by molar-refractivity contribution is 4.92. The van der Waals surface area contributed by atoms with Gasteiger partial charge >= 0.3 is 0 Å². The van der Waals surface area contributed by atoms with Crippen LogP contribution in [0.25, 0.3) is 0 Å². The van der Waals surface area contributed by atoms with Crippen LogP contribution in [-0.4, -0.2) is 12.7 Å². The predicted molar refractivity (Wildman–Crippen MR) is 34.9 cm³/mol. The minimum absolute atomic E-state index is 0.416. The van der Waals surface area contributed by atoms with Crippen LogP contribution in [0, 0.1) is 12.3 Å². The molecule has 2 radical (unpaired) electrons. The molecule has 1 aliphatic carbocycles. The molecule has 1 saturated carbocycles. The van der Waals surface area contributed by atoms with E-state index in [0.717, 1.165) is 18.9 Å². The molecule has 0 N–H and O–H groups in total. The van der Waals surface area contributed by atoms with Crippen molar-refractivity contribution in [2.45, 2.75) is 31.8 Å². The van der Waals surface area contributed by atoms with E-state index < -0.39 is 0 Å². The number of rotatable bonds is 1. The third-order valence-corrected chi connectivity index (χ3v) is 2.01. The Morgan fingerprint density at radius 2 is 2.22 bits per heavy atom. The highest BCUT2D eigenvalue weighted by Crippen LogP contribution is 2.37. The van der Waals surface area contributed by atoms with Crippen molar-refractivity contribution in [1.29, 1.82) is 0 Å². The SMILES string of the molecule is [C]1CCCOC1C1CC1. The minimum Gasteiger partial charge on any atom is -0.377 e. The van der Waals surface area contributed by atoms with Crippen LogP contribution in [0.1, 0.15) is 25.7 Å². The van der Waals surface area contributed by atoms with Crippen LogP contribution in [0.4, 0.5) is 0 Å². The lowest BCUT2D eigenvalue weighted by atomic mass is 10.1.